The van der Waals surface area contributed by atoms with Gasteiger partial charge in [0.2, 0.25) is 0 Å². The van der Waals surface area contributed by atoms with Crippen molar-refractivity contribution < 1.29 is 27.5 Å². The summed E-state index contributed by atoms with van der Waals surface area (Å²) in [6, 6.07) is 11.1. The van der Waals surface area contributed by atoms with Gasteiger partial charge in [-0.05, 0) is 31.3 Å². The van der Waals surface area contributed by atoms with Gasteiger partial charge in [0.05, 0.1) is 11.3 Å². The first-order valence-corrected chi connectivity index (χ1v) is 11.2. The Bertz CT molecular complexity index is 1210. The van der Waals surface area contributed by atoms with E-state index >= 15 is 0 Å². The second-order valence-electron chi connectivity index (χ2n) is 8.55. The Balaban J connectivity index is 0.00000190. The van der Waals surface area contributed by atoms with E-state index in [-0.39, 0.29) is 36.0 Å². The first-order valence-electron chi connectivity index (χ1n) is 11.2. The summed E-state index contributed by atoms with van der Waals surface area (Å²) < 4.78 is 42.4. The molecule has 3 aliphatic rings. The van der Waals surface area contributed by atoms with Crippen LogP contribution < -0.4 is 15.4 Å². The predicted molar refractivity (Wildman–Crippen MR) is 140 cm³/mol. The van der Waals surface area contributed by atoms with E-state index in [0.29, 0.717) is 30.2 Å². The third kappa shape index (κ3) is 6.30. The summed E-state index contributed by atoms with van der Waals surface area (Å²) >= 11 is 0. The largest absolute Gasteiger partial charge is 0.573 e. The van der Waals surface area contributed by atoms with Gasteiger partial charge in [-0.3, -0.25) is 9.69 Å². The third-order valence-corrected chi connectivity index (χ3v) is 6.15. The Kier molecular flexibility index (Phi) is 8.96. The van der Waals surface area contributed by atoms with Gasteiger partial charge in [-0.1, -0.05) is 23.4 Å². The van der Waals surface area contributed by atoms with Crippen molar-refractivity contribution in [2.24, 2.45) is 5.16 Å². The summed E-state index contributed by atoms with van der Waals surface area (Å²) in [5.41, 5.74) is 3.09. The van der Waals surface area contributed by atoms with Gasteiger partial charge in [-0.2, -0.15) is 0 Å². The number of oxime groups is 1. The van der Waals surface area contributed by atoms with Gasteiger partial charge in [-0.25, -0.2) is 0 Å². The molecule has 0 saturated carbocycles. The van der Waals surface area contributed by atoms with E-state index in [0.717, 1.165) is 43.5 Å². The Morgan fingerprint density at radius 2 is 1.68 bits per heavy atom. The van der Waals surface area contributed by atoms with Gasteiger partial charge in [-0.15, -0.1) is 38.0 Å². The molecule has 37 heavy (non-hydrogen) atoms. The molecule has 2 aromatic rings. The van der Waals surface area contributed by atoms with E-state index in [4.69, 9.17) is 4.84 Å². The number of benzene rings is 2. The van der Waals surface area contributed by atoms with Crippen molar-refractivity contribution >= 4 is 53.4 Å². The molecule has 1 amide bonds. The maximum absolute atomic E-state index is 12.9. The van der Waals surface area contributed by atoms with Crippen molar-refractivity contribution in [2.45, 2.75) is 6.36 Å². The number of halogens is 5. The van der Waals surface area contributed by atoms with Crippen LogP contribution >= 0.6 is 24.8 Å². The molecule has 1 saturated heterocycles. The fourth-order valence-electron chi connectivity index (χ4n) is 4.35. The highest BCUT2D eigenvalue weighted by Crippen LogP contribution is 2.41. The van der Waals surface area contributed by atoms with Crippen LogP contribution in [0.3, 0.4) is 0 Å². The minimum atomic E-state index is -4.84. The first-order chi connectivity index (χ1) is 16.8. The van der Waals surface area contributed by atoms with Crippen LogP contribution in [-0.2, 0) is 9.63 Å². The fraction of sp³-hybridized carbons (Fsp3) is 0.333. The van der Waals surface area contributed by atoms with Crippen molar-refractivity contribution in [1.82, 2.24) is 9.80 Å². The molecule has 0 bridgehead atoms. The van der Waals surface area contributed by atoms with Crippen molar-refractivity contribution in [2.75, 3.05) is 57.0 Å². The molecule has 0 unspecified atom stereocenters. The number of allylic oxidation sites excluding steroid dienone is 1. The minimum absolute atomic E-state index is 0. The van der Waals surface area contributed by atoms with Gasteiger partial charge in [0.15, 0.2) is 0 Å². The molecule has 0 aliphatic carbocycles. The van der Waals surface area contributed by atoms with Crippen molar-refractivity contribution in [3.63, 3.8) is 0 Å². The third-order valence-electron chi connectivity index (χ3n) is 6.15. The molecule has 200 valence electrons. The van der Waals surface area contributed by atoms with E-state index < -0.39 is 18.0 Å². The number of carbonyl (C=O) groups excluding carboxylic acids is 1. The number of anilines is 2. The predicted octanol–water partition coefficient (Wildman–Crippen LogP) is 4.19. The number of hydrogen-bond acceptors (Lipinski definition) is 7. The zero-order valence-corrected chi connectivity index (χ0v) is 21.4. The zero-order valence-electron chi connectivity index (χ0n) is 19.8. The lowest BCUT2D eigenvalue weighted by Gasteiger charge is -2.31. The molecule has 0 atom stereocenters. The molecule has 5 rings (SSSR count). The topological polar surface area (TPSA) is 78.4 Å². The highest BCUT2D eigenvalue weighted by molar-refractivity contribution is 6.39. The van der Waals surface area contributed by atoms with Crippen LogP contribution in [0.25, 0.3) is 5.57 Å². The number of fused-ring (bicyclic) bond motifs is 2. The Labute approximate surface area is 224 Å². The molecule has 3 aliphatic heterocycles. The lowest BCUT2D eigenvalue weighted by Crippen LogP contribution is -2.45. The van der Waals surface area contributed by atoms with E-state index in [1.165, 1.54) is 12.1 Å². The molecule has 8 nitrogen and oxygen atoms in total. The Morgan fingerprint density at radius 1 is 0.973 bits per heavy atom. The normalized spacial score (nSPS) is 20.3. The van der Waals surface area contributed by atoms with Crippen LogP contribution in [0.2, 0.25) is 0 Å². The Morgan fingerprint density at radius 3 is 2.41 bits per heavy atom. The molecule has 0 spiro atoms. The lowest BCUT2D eigenvalue weighted by molar-refractivity contribution is -0.274. The highest BCUT2D eigenvalue weighted by atomic mass is 35.5. The zero-order chi connectivity index (χ0) is 24.6. The number of carbonyl (C=O) groups is 1. The number of nitrogens with zero attached hydrogens (tertiary/aromatic N) is 3. The van der Waals surface area contributed by atoms with Crippen molar-refractivity contribution in [3.05, 3.63) is 59.3 Å². The monoisotopic (exact) mass is 559 g/mol. The first kappa shape index (κ1) is 28.6. The van der Waals surface area contributed by atoms with Crippen LogP contribution in [0.1, 0.15) is 11.1 Å². The van der Waals surface area contributed by atoms with Crippen molar-refractivity contribution in [3.8, 4) is 5.75 Å². The van der Waals surface area contributed by atoms with Crippen LogP contribution in [-0.4, -0.2) is 74.2 Å². The summed E-state index contributed by atoms with van der Waals surface area (Å²) in [6.07, 6.45) is -4.84. The number of para-hydroxylation sites is 1. The van der Waals surface area contributed by atoms with Gasteiger partial charge < -0.3 is 25.1 Å². The van der Waals surface area contributed by atoms with Gasteiger partial charge in [0, 0.05) is 55.2 Å². The molecule has 2 aromatic carbocycles. The minimum Gasteiger partial charge on any atom is -0.406 e. The van der Waals surface area contributed by atoms with E-state index in [1.54, 1.807) is 0 Å². The quantitative estimate of drug-likeness (QED) is 0.325. The number of likely N-dealkylation sites (N-methyl/N-ethyl adjacent to an activating group) is 1. The molecule has 3 heterocycles. The standard InChI is InChI=1S/C24H24F3N5O3.2ClH/c1-31-8-10-32(11-9-31)12-13-34-30-21-16-4-2-3-5-18(16)28-22(21)20-17-14-15(35-24(25,26)27)6-7-19(17)29-23(20)33;;/h2-7,14,28H,8-13H2,1H3,(H,29,33);2*1H/b22-20-,30-21+;;. The average Bonchev–Trinajstić information content (AvgIpc) is 3.32. The number of hydrogen-bond donors (Lipinski definition) is 2. The summed E-state index contributed by atoms with van der Waals surface area (Å²) in [7, 11) is 2.09. The van der Waals surface area contributed by atoms with Gasteiger partial charge in [0.1, 0.15) is 18.1 Å². The number of ether oxygens (including phenoxy) is 1. The maximum Gasteiger partial charge on any atom is 0.573 e. The van der Waals surface area contributed by atoms with Gasteiger partial charge in [0.25, 0.3) is 5.91 Å². The lowest BCUT2D eigenvalue weighted by atomic mass is 10.0. The Hall–Kier alpha value is -2.99. The number of amides is 1. The summed E-state index contributed by atoms with van der Waals surface area (Å²) in [6.45, 7) is 4.98. The summed E-state index contributed by atoms with van der Waals surface area (Å²) in [5.74, 6) is -0.868. The number of nitrogens with one attached hydrogen (secondary N) is 2. The van der Waals surface area contributed by atoms with Crippen molar-refractivity contribution in [1.29, 1.82) is 0 Å². The highest BCUT2D eigenvalue weighted by Gasteiger charge is 2.36. The van der Waals surface area contributed by atoms with Crippen LogP contribution in [0.4, 0.5) is 24.5 Å². The molecule has 0 aromatic heterocycles. The van der Waals surface area contributed by atoms with E-state index in [2.05, 4.69) is 37.4 Å². The van der Waals surface area contributed by atoms with E-state index in [9.17, 15) is 18.0 Å². The number of rotatable bonds is 5. The summed E-state index contributed by atoms with van der Waals surface area (Å²) in [4.78, 5) is 23.1. The molecule has 0 radical (unpaired) electrons. The SMILES string of the molecule is CN1CCN(CCO/N=C2/C(=C3/C(=O)Nc4ccc(OC(F)(F)F)cc43)Nc3ccccc32)CC1.Cl.Cl. The summed E-state index contributed by atoms with van der Waals surface area (Å²) in [5, 5.41) is 10.2. The molecule has 2 N–H and O–H groups in total. The smallest absolute Gasteiger partial charge is 0.406 e. The van der Waals surface area contributed by atoms with Gasteiger partial charge >= 0.3 is 6.36 Å². The fourth-order valence-corrected chi connectivity index (χ4v) is 4.35. The van der Waals surface area contributed by atoms with Crippen LogP contribution in [0, 0.1) is 0 Å². The number of piperazine rings is 1. The second-order valence-corrected chi connectivity index (χ2v) is 8.55. The van der Waals surface area contributed by atoms with Crippen LogP contribution in [0.15, 0.2) is 53.3 Å². The molecule has 13 heteroatoms. The molecular weight excluding hydrogens is 534 g/mol. The average molecular weight is 560 g/mol. The van der Waals surface area contributed by atoms with E-state index in [1.807, 2.05) is 24.3 Å². The van der Waals surface area contributed by atoms with Crippen LogP contribution in [0.5, 0.6) is 5.75 Å². The molecule has 1 fully saturated rings. The second kappa shape index (κ2) is 11.6. The number of alkyl halides is 3. The maximum atomic E-state index is 12.9. The molecular formula is C24H26Cl2F3N5O3.